The van der Waals surface area contributed by atoms with E-state index in [2.05, 4.69) is 0 Å². The second kappa shape index (κ2) is 3.17. The molecular weight excluding hydrogens is 192 g/mol. The highest BCUT2D eigenvalue weighted by atomic mass is 19.1. The van der Waals surface area contributed by atoms with E-state index in [0.29, 0.717) is 0 Å². The van der Waals surface area contributed by atoms with Crippen molar-refractivity contribution in [3.63, 3.8) is 0 Å². The Morgan fingerprint density at radius 1 is 1.14 bits per heavy atom. The minimum absolute atomic E-state index is 0.138. The fraction of sp³-hybridized carbons (Fsp3) is 0.111. The molecular formula is C9H7F2NO2. The third-order valence-electron chi connectivity index (χ3n) is 1.85. The summed E-state index contributed by atoms with van der Waals surface area (Å²) in [4.78, 5) is 0. The van der Waals surface area contributed by atoms with Gasteiger partial charge in [-0.15, -0.1) is 0 Å². The highest BCUT2D eigenvalue weighted by Crippen LogP contribution is 2.30. The molecule has 0 fully saturated rings. The second-order valence-corrected chi connectivity index (χ2v) is 2.74. The van der Waals surface area contributed by atoms with Crippen LogP contribution >= 0.6 is 0 Å². The van der Waals surface area contributed by atoms with Crippen LogP contribution in [0.25, 0.3) is 0 Å². The molecule has 0 atom stereocenters. The smallest absolute Gasteiger partial charge is 0.272 e. The maximum Gasteiger partial charge on any atom is 0.272 e. The summed E-state index contributed by atoms with van der Waals surface area (Å²) in [5.41, 5.74) is 4.84. The van der Waals surface area contributed by atoms with Crippen LogP contribution in [-0.4, -0.2) is 0 Å². The van der Waals surface area contributed by atoms with Crippen molar-refractivity contribution in [2.24, 2.45) is 0 Å². The molecule has 0 spiro atoms. The summed E-state index contributed by atoms with van der Waals surface area (Å²) in [6.07, 6.45) is 1.35. The Hall–Kier alpha value is -1.78. The standard InChI is InChI=1S/C9H7F2NO2/c10-5-1-2-6(12)8(11)7(5)9-13-3-4-14-9/h1-4,9H,12H2. The number of benzene rings is 1. The number of halogens is 2. The van der Waals surface area contributed by atoms with Crippen LogP contribution in [0.2, 0.25) is 0 Å². The molecule has 0 aromatic heterocycles. The van der Waals surface area contributed by atoms with Crippen molar-refractivity contribution in [2.75, 3.05) is 5.73 Å². The van der Waals surface area contributed by atoms with E-state index in [1.165, 1.54) is 12.5 Å². The lowest BCUT2D eigenvalue weighted by Gasteiger charge is -2.13. The Morgan fingerprint density at radius 2 is 1.79 bits per heavy atom. The van der Waals surface area contributed by atoms with Crippen LogP contribution in [0.5, 0.6) is 0 Å². The molecule has 0 aliphatic carbocycles. The van der Waals surface area contributed by atoms with Gasteiger partial charge in [0.25, 0.3) is 6.29 Å². The van der Waals surface area contributed by atoms with E-state index in [1.807, 2.05) is 0 Å². The molecule has 14 heavy (non-hydrogen) atoms. The molecule has 0 unspecified atom stereocenters. The van der Waals surface area contributed by atoms with Crippen molar-refractivity contribution in [3.05, 3.63) is 41.9 Å². The Balaban J connectivity index is 2.45. The highest BCUT2D eigenvalue weighted by molar-refractivity contribution is 5.44. The van der Waals surface area contributed by atoms with Gasteiger partial charge in [-0.05, 0) is 12.1 Å². The van der Waals surface area contributed by atoms with Crippen LogP contribution in [0.3, 0.4) is 0 Å². The average molecular weight is 199 g/mol. The van der Waals surface area contributed by atoms with Gasteiger partial charge in [-0.1, -0.05) is 0 Å². The van der Waals surface area contributed by atoms with Gasteiger partial charge in [0.1, 0.15) is 23.9 Å². The van der Waals surface area contributed by atoms with Gasteiger partial charge in [-0.2, -0.15) is 0 Å². The fourth-order valence-corrected chi connectivity index (χ4v) is 1.18. The average Bonchev–Trinajstić information content (AvgIpc) is 2.65. The second-order valence-electron chi connectivity index (χ2n) is 2.74. The molecule has 1 aliphatic rings. The van der Waals surface area contributed by atoms with E-state index in [0.717, 1.165) is 12.1 Å². The summed E-state index contributed by atoms with van der Waals surface area (Å²) in [5, 5.41) is 0. The zero-order valence-electron chi connectivity index (χ0n) is 7.04. The Labute approximate surface area is 78.7 Å². The minimum atomic E-state index is -1.08. The van der Waals surface area contributed by atoms with Gasteiger partial charge in [0.15, 0.2) is 5.82 Å². The lowest BCUT2D eigenvalue weighted by atomic mass is 10.1. The number of nitrogens with two attached hydrogens (primary N) is 1. The first kappa shape index (κ1) is 8.80. The van der Waals surface area contributed by atoms with Gasteiger partial charge in [0.2, 0.25) is 0 Å². The van der Waals surface area contributed by atoms with E-state index in [-0.39, 0.29) is 11.3 Å². The molecule has 2 rings (SSSR count). The van der Waals surface area contributed by atoms with Crippen molar-refractivity contribution in [2.45, 2.75) is 6.29 Å². The maximum atomic E-state index is 13.4. The third-order valence-corrected chi connectivity index (χ3v) is 1.85. The SMILES string of the molecule is Nc1ccc(F)c(C2OC=CO2)c1F. The molecule has 2 N–H and O–H groups in total. The highest BCUT2D eigenvalue weighted by Gasteiger charge is 2.25. The number of ether oxygens (including phenoxy) is 2. The van der Waals surface area contributed by atoms with Crippen LogP contribution < -0.4 is 5.73 Å². The Bertz CT molecular complexity index is 385. The zero-order valence-corrected chi connectivity index (χ0v) is 7.04. The zero-order chi connectivity index (χ0) is 10.1. The van der Waals surface area contributed by atoms with E-state index >= 15 is 0 Å². The summed E-state index contributed by atoms with van der Waals surface area (Å²) < 4.78 is 36.2. The van der Waals surface area contributed by atoms with Crippen molar-refractivity contribution in [3.8, 4) is 0 Å². The predicted octanol–water partition coefficient (Wildman–Crippen LogP) is 2.06. The van der Waals surface area contributed by atoms with Crippen LogP contribution in [0.15, 0.2) is 24.7 Å². The summed E-state index contributed by atoms with van der Waals surface area (Å²) >= 11 is 0. The van der Waals surface area contributed by atoms with Crippen LogP contribution in [0, 0.1) is 11.6 Å². The van der Waals surface area contributed by atoms with Gasteiger partial charge in [0.05, 0.1) is 5.69 Å². The first-order valence-electron chi connectivity index (χ1n) is 3.89. The Morgan fingerprint density at radius 3 is 2.43 bits per heavy atom. The normalized spacial score (nSPS) is 15.3. The van der Waals surface area contributed by atoms with Crippen molar-refractivity contribution >= 4 is 5.69 Å². The number of anilines is 1. The minimum Gasteiger partial charge on any atom is -0.455 e. The molecule has 0 saturated carbocycles. The first-order valence-corrected chi connectivity index (χ1v) is 3.89. The van der Waals surface area contributed by atoms with Gasteiger partial charge in [-0.25, -0.2) is 8.78 Å². The largest absolute Gasteiger partial charge is 0.455 e. The third kappa shape index (κ3) is 1.26. The van der Waals surface area contributed by atoms with Crippen molar-refractivity contribution in [1.82, 2.24) is 0 Å². The van der Waals surface area contributed by atoms with E-state index in [1.54, 1.807) is 0 Å². The molecule has 1 aliphatic heterocycles. The quantitative estimate of drug-likeness (QED) is 0.704. The van der Waals surface area contributed by atoms with E-state index in [9.17, 15) is 8.78 Å². The lowest BCUT2D eigenvalue weighted by molar-refractivity contribution is -0.0297. The molecule has 1 aromatic carbocycles. The molecule has 0 amide bonds. The Kier molecular flexibility index (Phi) is 1.99. The molecule has 0 saturated heterocycles. The number of nitrogen functional groups attached to an aromatic ring is 1. The first-order chi connectivity index (χ1) is 6.70. The van der Waals surface area contributed by atoms with Crippen molar-refractivity contribution < 1.29 is 18.3 Å². The van der Waals surface area contributed by atoms with Gasteiger partial charge in [-0.3, -0.25) is 0 Å². The number of hydrogen-bond acceptors (Lipinski definition) is 3. The van der Waals surface area contributed by atoms with E-state index in [4.69, 9.17) is 15.2 Å². The summed E-state index contributed by atoms with van der Waals surface area (Å²) in [6.45, 7) is 0. The van der Waals surface area contributed by atoms with Crippen molar-refractivity contribution in [1.29, 1.82) is 0 Å². The summed E-state index contributed by atoms with van der Waals surface area (Å²) in [5.74, 6) is -1.59. The molecule has 1 heterocycles. The number of hydrogen-bond donors (Lipinski definition) is 1. The summed E-state index contributed by atoms with van der Waals surface area (Å²) in [6, 6.07) is 2.22. The number of rotatable bonds is 1. The molecule has 3 nitrogen and oxygen atoms in total. The molecule has 1 aromatic rings. The molecule has 0 radical (unpaired) electrons. The van der Waals surface area contributed by atoms with Gasteiger partial charge < -0.3 is 15.2 Å². The lowest BCUT2D eigenvalue weighted by Crippen LogP contribution is -2.07. The van der Waals surface area contributed by atoms with Crippen LogP contribution in [-0.2, 0) is 9.47 Å². The monoisotopic (exact) mass is 199 g/mol. The van der Waals surface area contributed by atoms with E-state index < -0.39 is 17.9 Å². The topological polar surface area (TPSA) is 44.5 Å². The predicted molar refractivity (Wildman–Crippen MR) is 44.8 cm³/mol. The van der Waals surface area contributed by atoms with Gasteiger partial charge in [0, 0.05) is 0 Å². The van der Waals surface area contributed by atoms with Crippen LogP contribution in [0.4, 0.5) is 14.5 Å². The maximum absolute atomic E-state index is 13.4. The molecule has 74 valence electrons. The molecule has 5 heteroatoms. The molecule has 0 bridgehead atoms. The van der Waals surface area contributed by atoms with Crippen LogP contribution in [0.1, 0.15) is 11.9 Å². The van der Waals surface area contributed by atoms with Gasteiger partial charge >= 0.3 is 0 Å². The fourth-order valence-electron chi connectivity index (χ4n) is 1.18. The summed E-state index contributed by atoms with van der Waals surface area (Å²) in [7, 11) is 0.